The number of fused-ring (bicyclic) bond motifs is 1. The first-order valence-electron chi connectivity index (χ1n) is 9.20. The van der Waals surface area contributed by atoms with Crippen LogP contribution in [0.1, 0.15) is 45.5 Å². The molecule has 2 aromatic carbocycles. The maximum Gasteiger partial charge on any atom is 0.194 e. The van der Waals surface area contributed by atoms with Crippen molar-refractivity contribution in [1.82, 2.24) is 4.90 Å². The van der Waals surface area contributed by atoms with Gasteiger partial charge in [-0.25, -0.2) is 0 Å². The van der Waals surface area contributed by atoms with Gasteiger partial charge in [0, 0.05) is 24.1 Å². The van der Waals surface area contributed by atoms with E-state index >= 15 is 0 Å². The molecule has 0 radical (unpaired) electrons. The van der Waals surface area contributed by atoms with Crippen LogP contribution in [0.5, 0.6) is 0 Å². The molecule has 3 nitrogen and oxygen atoms in total. The average molecular weight is 343 g/mol. The molecular weight excluding hydrogens is 322 g/mol. The maximum absolute atomic E-state index is 13.2. The van der Waals surface area contributed by atoms with E-state index in [-0.39, 0.29) is 11.6 Å². The van der Waals surface area contributed by atoms with Crippen molar-refractivity contribution < 1.29 is 9.59 Å². The molecule has 1 saturated heterocycles. The van der Waals surface area contributed by atoms with E-state index in [1.54, 1.807) is 24.3 Å². The van der Waals surface area contributed by atoms with Crippen LogP contribution in [0.15, 0.2) is 54.6 Å². The number of carbonyl (C=O) groups is 2. The highest BCUT2D eigenvalue weighted by Crippen LogP contribution is 2.39. The fourth-order valence-corrected chi connectivity index (χ4v) is 3.94. The third-order valence-electron chi connectivity index (χ3n) is 5.33. The van der Waals surface area contributed by atoms with Crippen molar-refractivity contribution in [3.05, 3.63) is 71.3 Å². The molecule has 0 atom stereocenters. The summed E-state index contributed by atoms with van der Waals surface area (Å²) in [5.74, 6) is 5.87. The molecule has 1 aliphatic heterocycles. The largest absolute Gasteiger partial charge is 0.302 e. The topological polar surface area (TPSA) is 37.4 Å². The molecule has 0 saturated carbocycles. The van der Waals surface area contributed by atoms with E-state index in [9.17, 15) is 9.59 Å². The Labute approximate surface area is 154 Å². The van der Waals surface area contributed by atoms with Crippen LogP contribution < -0.4 is 0 Å². The number of ketones is 2. The van der Waals surface area contributed by atoms with Gasteiger partial charge in [0.05, 0.1) is 0 Å². The lowest BCUT2D eigenvalue weighted by Crippen LogP contribution is -2.37. The smallest absolute Gasteiger partial charge is 0.194 e. The highest BCUT2D eigenvalue weighted by molar-refractivity contribution is 6.35. The standard InChI is InChI=1S/C23H21NO2/c25-21-19-12-4-5-13-20(19)22(26)23(21,18-10-2-1-3-11-18)14-6-7-15-24-16-8-9-17-24/h1-5,10-13H,7-9,15-17H2. The van der Waals surface area contributed by atoms with Crippen LogP contribution in [0.25, 0.3) is 0 Å². The Morgan fingerprint density at radius 3 is 2.04 bits per heavy atom. The summed E-state index contributed by atoms with van der Waals surface area (Å²) < 4.78 is 0. The number of rotatable bonds is 3. The van der Waals surface area contributed by atoms with E-state index in [2.05, 4.69) is 16.7 Å². The van der Waals surface area contributed by atoms with E-state index in [4.69, 9.17) is 0 Å². The maximum atomic E-state index is 13.2. The van der Waals surface area contributed by atoms with E-state index in [0.717, 1.165) is 19.6 Å². The summed E-state index contributed by atoms with van der Waals surface area (Å²) in [6.45, 7) is 3.14. The second-order valence-corrected chi connectivity index (χ2v) is 6.92. The Morgan fingerprint density at radius 1 is 0.846 bits per heavy atom. The van der Waals surface area contributed by atoms with Gasteiger partial charge in [-0.15, -0.1) is 5.92 Å². The summed E-state index contributed by atoms with van der Waals surface area (Å²) in [5.41, 5.74) is 0.237. The fraction of sp³-hybridized carbons (Fsp3) is 0.304. The molecule has 2 aliphatic rings. The van der Waals surface area contributed by atoms with Crippen molar-refractivity contribution in [2.24, 2.45) is 0 Å². The van der Waals surface area contributed by atoms with Gasteiger partial charge in [-0.1, -0.05) is 60.5 Å². The van der Waals surface area contributed by atoms with E-state index in [0.29, 0.717) is 23.1 Å². The number of nitrogens with zero attached hydrogens (tertiary/aromatic N) is 1. The van der Waals surface area contributed by atoms with Gasteiger partial charge in [-0.05, 0) is 31.5 Å². The molecule has 0 bridgehead atoms. The number of Topliss-reactive ketones (excluding diaryl/α,β-unsaturated/α-hetero) is 2. The minimum atomic E-state index is -1.39. The normalized spacial score (nSPS) is 18.5. The number of carbonyl (C=O) groups excluding carboxylic acids is 2. The lowest BCUT2D eigenvalue weighted by molar-refractivity contribution is 0.0842. The molecule has 26 heavy (non-hydrogen) atoms. The number of hydrogen-bond acceptors (Lipinski definition) is 3. The van der Waals surface area contributed by atoms with Crippen LogP contribution in [-0.4, -0.2) is 36.1 Å². The Bertz CT molecular complexity index is 864. The van der Waals surface area contributed by atoms with Crippen LogP contribution in [0.3, 0.4) is 0 Å². The van der Waals surface area contributed by atoms with Crippen molar-refractivity contribution in [1.29, 1.82) is 0 Å². The predicted molar refractivity (Wildman–Crippen MR) is 101 cm³/mol. The van der Waals surface area contributed by atoms with Gasteiger partial charge in [0.1, 0.15) is 0 Å². The molecule has 0 unspecified atom stereocenters. The molecule has 0 amide bonds. The second-order valence-electron chi connectivity index (χ2n) is 6.92. The van der Waals surface area contributed by atoms with Crippen LogP contribution >= 0.6 is 0 Å². The molecule has 3 heteroatoms. The zero-order valence-corrected chi connectivity index (χ0v) is 14.7. The highest BCUT2D eigenvalue weighted by Gasteiger charge is 2.53. The molecule has 1 heterocycles. The number of benzene rings is 2. The van der Waals surface area contributed by atoms with Gasteiger partial charge in [0.2, 0.25) is 0 Å². The van der Waals surface area contributed by atoms with Crippen molar-refractivity contribution in [3.63, 3.8) is 0 Å². The molecule has 0 N–H and O–H groups in total. The summed E-state index contributed by atoms with van der Waals surface area (Å²) in [5, 5.41) is 0. The second kappa shape index (κ2) is 6.90. The molecule has 130 valence electrons. The minimum absolute atomic E-state index is 0.196. The van der Waals surface area contributed by atoms with Gasteiger partial charge < -0.3 is 4.90 Å². The zero-order valence-electron chi connectivity index (χ0n) is 14.7. The van der Waals surface area contributed by atoms with Gasteiger partial charge in [-0.3, -0.25) is 9.59 Å². The average Bonchev–Trinajstić information content (AvgIpc) is 3.28. The van der Waals surface area contributed by atoms with E-state index in [1.165, 1.54) is 12.8 Å². The molecule has 0 spiro atoms. The lowest BCUT2D eigenvalue weighted by atomic mass is 9.76. The molecule has 1 aliphatic carbocycles. The molecule has 2 aromatic rings. The van der Waals surface area contributed by atoms with Gasteiger partial charge in [0.25, 0.3) is 0 Å². The van der Waals surface area contributed by atoms with Gasteiger partial charge in [-0.2, -0.15) is 0 Å². The summed E-state index contributed by atoms with van der Waals surface area (Å²) in [6.07, 6.45) is 3.16. The summed E-state index contributed by atoms with van der Waals surface area (Å²) in [4.78, 5) is 28.9. The van der Waals surface area contributed by atoms with E-state index < -0.39 is 5.41 Å². The van der Waals surface area contributed by atoms with Crippen molar-refractivity contribution in [2.75, 3.05) is 19.6 Å². The van der Waals surface area contributed by atoms with Crippen LogP contribution in [0.2, 0.25) is 0 Å². The molecular formula is C23H21NO2. The van der Waals surface area contributed by atoms with Crippen molar-refractivity contribution in [3.8, 4) is 11.8 Å². The predicted octanol–water partition coefficient (Wildman–Crippen LogP) is 3.49. The first kappa shape index (κ1) is 16.8. The van der Waals surface area contributed by atoms with E-state index in [1.807, 2.05) is 30.3 Å². The first-order valence-corrected chi connectivity index (χ1v) is 9.20. The Balaban J connectivity index is 1.71. The third-order valence-corrected chi connectivity index (χ3v) is 5.33. The summed E-state index contributed by atoms with van der Waals surface area (Å²) in [7, 11) is 0. The third kappa shape index (κ3) is 2.67. The Kier molecular flexibility index (Phi) is 4.44. The van der Waals surface area contributed by atoms with Crippen molar-refractivity contribution >= 4 is 11.6 Å². The van der Waals surface area contributed by atoms with Gasteiger partial charge in [0.15, 0.2) is 17.0 Å². The summed E-state index contributed by atoms with van der Waals surface area (Å²) in [6, 6.07) is 16.3. The first-order chi connectivity index (χ1) is 12.7. The fourth-order valence-electron chi connectivity index (χ4n) is 3.94. The van der Waals surface area contributed by atoms with Crippen LogP contribution in [-0.2, 0) is 5.41 Å². The lowest BCUT2D eigenvalue weighted by Gasteiger charge is -2.20. The number of likely N-dealkylation sites (tertiary alicyclic amines) is 1. The van der Waals surface area contributed by atoms with Crippen molar-refractivity contribution in [2.45, 2.75) is 24.7 Å². The van der Waals surface area contributed by atoms with Gasteiger partial charge >= 0.3 is 0 Å². The zero-order chi connectivity index (χ0) is 18.0. The SMILES string of the molecule is O=C1c2ccccc2C(=O)C1(C#CCCN1CCCC1)c1ccccc1. The highest BCUT2D eigenvalue weighted by atomic mass is 16.2. The number of hydrogen-bond donors (Lipinski definition) is 0. The van der Waals surface area contributed by atoms with Crippen LogP contribution in [0.4, 0.5) is 0 Å². The Morgan fingerprint density at radius 2 is 1.42 bits per heavy atom. The van der Waals surface area contributed by atoms with Crippen LogP contribution in [0, 0.1) is 11.8 Å². The quantitative estimate of drug-likeness (QED) is 0.632. The monoisotopic (exact) mass is 343 g/mol. The molecule has 4 rings (SSSR count). The minimum Gasteiger partial charge on any atom is -0.302 e. The molecule has 0 aromatic heterocycles. The summed E-state index contributed by atoms with van der Waals surface area (Å²) >= 11 is 0. The molecule has 1 fully saturated rings. The Hall–Kier alpha value is -2.70.